The van der Waals surface area contributed by atoms with E-state index in [0.29, 0.717) is 6.54 Å². The van der Waals surface area contributed by atoms with E-state index in [-0.39, 0.29) is 17.7 Å². The Morgan fingerprint density at radius 3 is 2.21 bits per heavy atom. The summed E-state index contributed by atoms with van der Waals surface area (Å²) in [5.74, 6) is 0.327. The molecule has 0 saturated carbocycles. The van der Waals surface area contributed by atoms with Crippen molar-refractivity contribution in [2.24, 2.45) is 5.92 Å². The maximum absolute atomic E-state index is 12.2. The highest BCUT2D eigenvalue weighted by Crippen LogP contribution is 2.17. The Morgan fingerprint density at radius 1 is 1.12 bits per heavy atom. The number of hydrogen-bond acceptors (Lipinski definition) is 3. The lowest BCUT2D eigenvalue weighted by Crippen LogP contribution is -3.11. The van der Waals surface area contributed by atoms with Crippen LogP contribution in [-0.2, 0) is 10.0 Å². The molecule has 1 aromatic carbocycles. The van der Waals surface area contributed by atoms with Gasteiger partial charge in [-0.1, -0.05) is 26.0 Å². The summed E-state index contributed by atoms with van der Waals surface area (Å²) in [6, 6.07) is 8.69. The van der Waals surface area contributed by atoms with Gasteiger partial charge in [-0.15, -0.1) is 0 Å². The van der Waals surface area contributed by atoms with Crippen LogP contribution in [0.1, 0.15) is 38.3 Å². The van der Waals surface area contributed by atoms with Gasteiger partial charge in [0.1, 0.15) is 6.04 Å². The second-order valence-electron chi connectivity index (χ2n) is 7.43. The number of hydrogen-bond donors (Lipinski definition) is 2. The van der Waals surface area contributed by atoms with E-state index < -0.39 is 10.0 Å². The first-order valence-corrected chi connectivity index (χ1v) is 10.5. The van der Waals surface area contributed by atoms with Crippen LogP contribution < -0.4 is 14.5 Å². The van der Waals surface area contributed by atoms with Crippen molar-refractivity contribution in [1.29, 1.82) is 0 Å². The highest BCUT2D eigenvalue weighted by atomic mass is 32.2. The third kappa shape index (κ3) is 5.46. The second kappa shape index (κ2) is 8.32. The maximum atomic E-state index is 12.2. The van der Waals surface area contributed by atoms with Crippen LogP contribution in [0.5, 0.6) is 0 Å². The predicted molar refractivity (Wildman–Crippen MR) is 100 cm³/mol. The van der Waals surface area contributed by atoms with Gasteiger partial charge >= 0.3 is 0 Å². The Hall–Kier alpha value is -1.11. The van der Waals surface area contributed by atoms with E-state index in [1.165, 1.54) is 23.3 Å². The topological polar surface area (TPSA) is 53.9 Å². The van der Waals surface area contributed by atoms with Crippen molar-refractivity contribution in [1.82, 2.24) is 4.72 Å². The summed E-state index contributed by atoms with van der Waals surface area (Å²) in [6.07, 6.45) is 2.45. The van der Waals surface area contributed by atoms with E-state index in [4.69, 9.17) is 0 Å². The number of sulfonamides is 1. The molecule has 24 heavy (non-hydrogen) atoms. The minimum atomic E-state index is -3.21. The van der Waals surface area contributed by atoms with Gasteiger partial charge in [0.25, 0.3) is 0 Å². The minimum absolute atomic E-state index is 0.138. The van der Waals surface area contributed by atoms with Gasteiger partial charge in [0, 0.05) is 38.2 Å². The van der Waals surface area contributed by atoms with E-state index in [9.17, 15) is 8.42 Å². The van der Waals surface area contributed by atoms with E-state index in [1.807, 2.05) is 27.9 Å². The molecule has 0 spiro atoms. The van der Waals surface area contributed by atoms with Crippen LogP contribution in [0.25, 0.3) is 0 Å². The van der Waals surface area contributed by atoms with Crippen LogP contribution in [0.15, 0.2) is 24.3 Å². The maximum Gasteiger partial charge on any atom is 0.212 e. The molecule has 1 aliphatic rings. The summed E-state index contributed by atoms with van der Waals surface area (Å²) in [5, 5.41) is 0. The predicted octanol–water partition coefficient (Wildman–Crippen LogP) is 1.05. The summed E-state index contributed by atoms with van der Waals surface area (Å²) >= 11 is 0. The van der Waals surface area contributed by atoms with Gasteiger partial charge in [0.2, 0.25) is 10.0 Å². The fourth-order valence-corrected chi connectivity index (χ4v) is 4.80. The van der Waals surface area contributed by atoms with Crippen molar-refractivity contribution in [3.63, 3.8) is 0 Å². The van der Waals surface area contributed by atoms with Crippen LogP contribution in [0, 0.1) is 5.92 Å². The number of rotatable bonds is 8. The summed E-state index contributed by atoms with van der Waals surface area (Å²) in [5.41, 5.74) is 2.37. The quantitative estimate of drug-likeness (QED) is 0.734. The molecule has 1 aromatic rings. The van der Waals surface area contributed by atoms with Gasteiger partial charge in [-0.3, -0.25) is 0 Å². The fourth-order valence-electron chi connectivity index (χ4n) is 3.39. The number of nitrogens with zero attached hydrogens (tertiary/aromatic N) is 1. The number of nitrogens with one attached hydrogen (secondary N) is 2. The molecule has 0 bridgehead atoms. The molecule has 6 heteroatoms. The Labute approximate surface area is 147 Å². The molecule has 5 nitrogen and oxygen atoms in total. The van der Waals surface area contributed by atoms with E-state index >= 15 is 0 Å². The third-order valence-electron chi connectivity index (χ3n) is 4.61. The Bertz CT molecular complexity index is 606. The molecular weight excluding hydrogens is 322 g/mol. The fraction of sp³-hybridized carbons (Fsp3) is 0.667. The largest absolute Gasteiger partial charge is 0.378 e. The van der Waals surface area contributed by atoms with Gasteiger partial charge in [0.15, 0.2) is 0 Å². The molecule has 2 N–H and O–H groups in total. The van der Waals surface area contributed by atoms with Crippen LogP contribution >= 0.6 is 0 Å². The highest BCUT2D eigenvalue weighted by Gasteiger charge is 2.28. The Morgan fingerprint density at radius 2 is 1.71 bits per heavy atom. The van der Waals surface area contributed by atoms with E-state index in [2.05, 4.69) is 33.9 Å². The lowest BCUT2D eigenvalue weighted by atomic mass is 10.1. The standard InChI is InChI=1S/C18H31N3O2S/c1-15(2)14-24(22,23)19-13-18(21-11-5-6-12-21)16-7-9-17(10-8-16)20(3)4/h7-10,15,18-19H,5-6,11-14H2,1-4H3/p+1/t18-/m0/s1. The summed E-state index contributed by atoms with van der Waals surface area (Å²) in [4.78, 5) is 3.56. The number of anilines is 1. The molecule has 1 aliphatic heterocycles. The molecule has 1 atom stereocenters. The van der Waals surface area contributed by atoms with Crippen LogP contribution in [0.3, 0.4) is 0 Å². The van der Waals surface area contributed by atoms with Crippen molar-refractivity contribution in [3.8, 4) is 0 Å². The van der Waals surface area contributed by atoms with Crippen LogP contribution in [0.4, 0.5) is 5.69 Å². The second-order valence-corrected chi connectivity index (χ2v) is 9.28. The zero-order valence-electron chi connectivity index (χ0n) is 15.4. The normalized spacial score (nSPS) is 17.4. The first kappa shape index (κ1) is 19.2. The molecule has 2 rings (SSSR count). The van der Waals surface area contributed by atoms with Crippen molar-refractivity contribution in [3.05, 3.63) is 29.8 Å². The molecule has 1 saturated heterocycles. The number of benzene rings is 1. The van der Waals surface area contributed by atoms with Crippen molar-refractivity contribution in [2.75, 3.05) is 44.4 Å². The highest BCUT2D eigenvalue weighted by molar-refractivity contribution is 7.89. The van der Waals surface area contributed by atoms with Crippen molar-refractivity contribution >= 4 is 15.7 Å². The molecule has 0 unspecified atom stereocenters. The average molecular weight is 355 g/mol. The lowest BCUT2D eigenvalue weighted by molar-refractivity contribution is -0.918. The third-order valence-corrected chi connectivity index (χ3v) is 6.32. The Kier molecular flexibility index (Phi) is 6.66. The molecule has 0 aromatic heterocycles. The smallest absolute Gasteiger partial charge is 0.212 e. The van der Waals surface area contributed by atoms with Gasteiger partial charge in [-0.05, 0) is 18.1 Å². The molecule has 0 aliphatic carbocycles. The summed E-state index contributed by atoms with van der Waals surface area (Å²) < 4.78 is 27.3. The number of likely N-dealkylation sites (tertiary alicyclic amines) is 1. The average Bonchev–Trinajstić information content (AvgIpc) is 3.00. The Balaban J connectivity index is 2.13. The van der Waals surface area contributed by atoms with Crippen LogP contribution in [0.2, 0.25) is 0 Å². The van der Waals surface area contributed by atoms with Gasteiger partial charge in [-0.2, -0.15) is 0 Å². The molecule has 1 fully saturated rings. The van der Waals surface area contributed by atoms with Crippen molar-refractivity contribution < 1.29 is 13.3 Å². The molecule has 136 valence electrons. The first-order valence-electron chi connectivity index (χ1n) is 8.87. The molecular formula is C18H32N3O2S+. The summed E-state index contributed by atoms with van der Waals surface area (Å²) in [6.45, 7) is 6.58. The van der Waals surface area contributed by atoms with Crippen LogP contribution in [-0.4, -0.2) is 47.9 Å². The van der Waals surface area contributed by atoms with Crippen molar-refractivity contribution in [2.45, 2.75) is 32.7 Å². The number of quaternary nitrogens is 1. The SMILES string of the molecule is CC(C)CS(=O)(=O)NC[C@@H](c1ccc(N(C)C)cc1)[NH+]1CCCC1. The zero-order valence-corrected chi connectivity index (χ0v) is 16.2. The summed E-state index contributed by atoms with van der Waals surface area (Å²) in [7, 11) is 0.845. The van der Waals surface area contributed by atoms with E-state index in [0.717, 1.165) is 18.8 Å². The minimum Gasteiger partial charge on any atom is -0.378 e. The lowest BCUT2D eigenvalue weighted by Gasteiger charge is -2.26. The first-order chi connectivity index (χ1) is 11.3. The monoisotopic (exact) mass is 354 g/mol. The van der Waals surface area contributed by atoms with Gasteiger partial charge in [-0.25, -0.2) is 13.1 Å². The molecule has 0 amide bonds. The zero-order chi connectivity index (χ0) is 17.7. The molecule has 0 radical (unpaired) electrons. The molecule has 1 heterocycles. The van der Waals surface area contributed by atoms with Gasteiger partial charge < -0.3 is 9.80 Å². The van der Waals surface area contributed by atoms with E-state index in [1.54, 1.807) is 0 Å². The van der Waals surface area contributed by atoms with Gasteiger partial charge in [0.05, 0.1) is 25.4 Å².